The molecular weight excluding hydrogens is 340 g/mol. The molecule has 0 saturated carbocycles. The van der Waals surface area contributed by atoms with Crippen LogP contribution in [0.2, 0.25) is 0 Å². The van der Waals surface area contributed by atoms with Crippen molar-refractivity contribution in [3.05, 3.63) is 47.5 Å². The van der Waals surface area contributed by atoms with E-state index in [0.29, 0.717) is 0 Å². The number of aryl methyl sites for hydroxylation is 1. The lowest BCUT2D eigenvalue weighted by Crippen LogP contribution is -2.58. The van der Waals surface area contributed by atoms with Gasteiger partial charge in [0.05, 0.1) is 12.6 Å². The second-order valence-corrected chi connectivity index (χ2v) is 7.51. The number of carbonyl (C=O) groups is 1. The van der Waals surface area contributed by atoms with E-state index in [0.717, 1.165) is 56.9 Å². The largest absolute Gasteiger partial charge is 0.497 e. The maximum Gasteiger partial charge on any atom is 0.253 e. The highest BCUT2D eigenvalue weighted by atomic mass is 16.5. The third-order valence-corrected chi connectivity index (χ3v) is 6.27. The van der Waals surface area contributed by atoms with Crippen molar-refractivity contribution in [2.24, 2.45) is 0 Å². The van der Waals surface area contributed by atoms with Crippen molar-refractivity contribution < 1.29 is 9.53 Å². The molecular formula is C21H28N4O2. The Kier molecular flexibility index (Phi) is 4.68. The van der Waals surface area contributed by atoms with Gasteiger partial charge in [-0.25, -0.2) is 4.98 Å². The molecule has 144 valence electrons. The molecule has 0 bridgehead atoms. The minimum absolute atomic E-state index is 0.0437. The number of carbonyl (C=O) groups excluding carboxylic acids is 1. The van der Waals surface area contributed by atoms with E-state index < -0.39 is 0 Å². The number of aromatic nitrogens is 2. The third-order valence-electron chi connectivity index (χ3n) is 6.27. The average Bonchev–Trinajstić information content (AvgIpc) is 3.10. The monoisotopic (exact) mass is 368 g/mol. The molecule has 0 atom stereocenters. The molecule has 3 heterocycles. The molecule has 0 unspecified atom stereocenters. The van der Waals surface area contributed by atoms with Crippen LogP contribution in [0.1, 0.15) is 41.6 Å². The predicted molar refractivity (Wildman–Crippen MR) is 104 cm³/mol. The van der Waals surface area contributed by atoms with Gasteiger partial charge in [-0.3, -0.25) is 9.69 Å². The Morgan fingerprint density at radius 2 is 1.85 bits per heavy atom. The summed E-state index contributed by atoms with van der Waals surface area (Å²) in [6, 6.07) is 7.39. The Morgan fingerprint density at radius 3 is 2.48 bits per heavy atom. The Hall–Kier alpha value is -2.34. The van der Waals surface area contributed by atoms with Crippen LogP contribution in [0.3, 0.4) is 0 Å². The summed E-state index contributed by atoms with van der Waals surface area (Å²) in [4.78, 5) is 22.2. The number of hydrogen-bond acceptors (Lipinski definition) is 4. The van der Waals surface area contributed by atoms with Crippen LogP contribution in [0.4, 0.5) is 0 Å². The number of benzene rings is 1. The summed E-state index contributed by atoms with van der Waals surface area (Å²) in [6.07, 6.45) is 3.85. The van der Waals surface area contributed by atoms with Crippen molar-refractivity contribution in [1.29, 1.82) is 0 Å². The van der Waals surface area contributed by atoms with Gasteiger partial charge in [0.1, 0.15) is 11.6 Å². The SMILES string of the molecule is CCN1CCn2c(C)cnc2C12CCN(C(=O)c1ccc(OC)cc1)CC2. The van der Waals surface area contributed by atoms with Gasteiger partial charge < -0.3 is 14.2 Å². The smallest absolute Gasteiger partial charge is 0.253 e. The van der Waals surface area contributed by atoms with Gasteiger partial charge in [-0.05, 0) is 50.6 Å². The lowest BCUT2D eigenvalue weighted by Gasteiger charge is -2.50. The number of amides is 1. The topological polar surface area (TPSA) is 50.6 Å². The summed E-state index contributed by atoms with van der Waals surface area (Å²) in [7, 11) is 1.64. The van der Waals surface area contributed by atoms with E-state index in [1.54, 1.807) is 7.11 Å². The van der Waals surface area contributed by atoms with E-state index in [-0.39, 0.29) is 11.4 Å². The zero-order valence-corrected chi connectivity index (χ0v) is 16.4. The molecule has 2 aromatic rings. The second kappa shape index (κ2) is 7.00. The van der Waals surface area contributed by atoms with Gasteiger partial charge in [0, 0.05) is 43.6 Å². The highest BCUT2D eigenvalue weighted by molar-refractivity contribution is 5.94. The molecule has 1 saturated heterocycles. The number of nitrogens with zero attached hydrogens (tertiary/aromatic N) is 4. The minimum atomic E-state index is -0.0437. The molecule has 2 aliphatic rings. The van der Waals surface area contributed by atoms with Crippen LogP contribution in [-0.2, 0) is 12.1 Å². The van der Waals surface area contributed by atoms with Crippen LogP contribution in [0.25, 0.3) is 0 Å². The Morgan fingerprint density at radius 1 is 1.15 bits per heavy atom. The maximum atomic E-state index is 12.9. The van der Waals surface area contributed by atoms with Gasteiger partial charge in [-0.15, -0.1) is 0 Å². The predicted octanol–water partition coefficient (Wildman–Crippen LogP) is 2.67. The van der Waals surface area contributed by atoms with Crippen molar-refractivity contribution in [2.75, 3.05) is 33.3 Å². The van der Waals surface area contributed by atoms with Crippen molar-refractivity contribution in [2.45, 2.75) is 38.8 Å². The van der Waals surface area contributed by atoms with E-state index in [9.17, 15) is 4.79 Å². The number of fused-ring (bicyclic) bond motifs is 2. The fraction of sp³-hybridized carbons (Fsp3) is 0.524. The number of methoxy groups -OCH3 is 1. The quantitative estimate of drug-likeness (QED) is 0.836. The number of rotatable bonds is 3. The van der Waals surface area contributed by atoms with E-state index in [2.05, 4.69) is 23.3 Å². The van der Waals surface area contributed by atoms with E-state index in [4.69, 9.17) is 9.72 Å². The first-order valence-electron chi connectivity index (χ1n) is 9.80. The van der Waals surface area contributed by atoms with Crippen LogP contribution in [0.15, 0.2) is 30.5 Å². The van der Waals surface area contributed by atoms with Crippen LogP contribution >= 0.6 is 0 Å². The van der Waals surface area contributed by atoms with Crippen molar-refractivity contribution >= 4 is 5.91 Å². The fourth-order valence-corrected chi connectivity index (χ4v) is 4.69. The first-order chi connectivity index (χ1) is 13.1. The molecule has 0 N–H and O–H groups in total. The van der Waals surface area contributed by atoms with Crippen LogP contribution in [0.5, 0.6) is 5.75 Å². The Balaban J connectivity index is 1.54. The number of ether oxygens (including phenoxy) is 1. The van der Waals surface area contributed by atoms with E-state index in [1.807, 2.05) is 35.4 Å². The van der Waals surface area contributed by atoms with Gasteiger partial charge >= 0.3 is 0 Å². The first-order valence-corrected chi connectivity index (χ1v) is 9.80. The zero-order valence-electron chi connectivity index (χ0n) is 16.4. The summed E-state index contributed by atoms with van der Waals surface area (Å²) in [5, 5.41) is 0. The molecule has 4 rings (SSSR count). The minimum Gasteiger partial charge on any atom is -0.497 e. The molecule has 2 aliphatic heterocycles. The van der Waals surface area contributed by atoms with E-state index in [1.165, 1.54) is 11.5 Å². The van der Waals surface area contributed by atoms with Gasteiger partial charge in [0.25, 0.3) is 5.91 Å². The van der Waals surface area contributed by atoms with Gasteiger partial charge in [0.2, 0.25) is 0 Å². The fourth-order valence-electron chi connectivity index (χ4n) is 4.69. The number of imidazole rings is 1. The van der Waals surface area contributed by atoms with Gasteiger partial charge in [-0.1, -0.05) is 6.92 Å². The molecule has 6 nitrogen and oxygen atoms in total. The highest BCUT2D eigenvalue weighted by Gasteiger charge is 2.46. The number of piperidine rings is 1. The zero-order chi connectivity index (χ0) is 19.0. The highest BCUT2D eigenvalue weighted by Crippen LogP contribution is 2.41. The molecule has 0 aliphatic carbocycles. The van der Waals surface area contributed by atoms with Gasteiger partial charge in [-0.2, -0.15) is 0 Å². The van der Waals surface area contributed by atoms with Crippen LogP contribution in [0, 0.1) is 6.92 Å². The van der Waals surface area contributed by atoms with Crippen LogP contribution in [-0.4, -0.2) is 58.5 Å². The van der Waals surface area contributed by atoms with Crippen LogP contribution < -0.4 is 4.74 Å². The van der Waals surface area contributed by atoms with Crippen molar-refractivity contribution in [3.8, 4) is 5.75 Å². The second-order valence-electron chi connectivity index (χ2n) is 7.51. The Bertz CT molecular complexity index is 819. The third kappa shape index (κ3) is 2.92. The summed E-state index contributed by atoms with van der Waals surface area (Å²) in [5.74, 6) is 2.06. The summed E-state index contributed by atoms with van der Waals surface area (Å²) < 4.78 is 7.56. The summed E-state index contributed by atoms with van der Waals surface area (Å²) in [6.45, 7) is 8.94. The molecule has 1 aromatic carbocycles. The lowest BCUT2D eigenvalue weighted by atomic mass is 9.83. The van der Waals surface area contributed by atoms with Crippen molar-refractivity contribution in [3.63, 3.8) is 0 Å². The lowest BCUT2D eigenvalue weighted by molar-refractivity contribution is -0.00371. The first kappa shape index (κ1) is 18.0. The molecule has 1 spiro atoms. The van der Waals surface area contributed by atoms with Crippen molar-refractivity contribution in [1.82, 2.24) is 19.4 Å². The summed E-state index contributed by atoms with van der Waals surface area (Å²) in [5.41, 5.74) is 1.91. The number of likely N-dealkylation sites (tertiary alicyclic amines) is 1. The normalized spacial score (nSPS) is 19.1. The molecule has 27 heavy (non-hydrogen) atoms. The molecule has 1 amide bonds. The number of hydrogen-bond donors (Lipinski definition) is 0. The molecule has 1 fully saturated rings. The average molecular weight is 368 g/mol. The Labute approximate surface area is 160 Å². The molecule has 0 radical (unpaired) electrons. The maximum absolute atomic E-state index is 12.9. The molecule has 1 aromatic heterocycles. The molecule has 6 heteroatoms. The van der Waals surface area contributed by atoms with E-state index >= 15 is 0 Å². The number of likely N-dealkylation sites (N-methyl/N-ethyl adjacent to an activating group) is 1. The van der Waals surface area contributed by atoms with Gasteiger partial charge in [0.15, 0.2) is 0 Å². The standard InChI is InChI=1S/C21H28N4O2/c1-4-24-13-14-25-16(2)15-22-20(25)21(24)9-11-23(12-10-21)19(26)17-5-7-18(27-3)8-6-17/h5-8,15H,4,9-14H2,1-3H3. The summed E-state index contributed by atoms with van der Waals surface area (Å²) >= 11 is 0.